The summed E-state index contributed by atoms with van der Waals surface area (Å²) < 4.78 is 4.93. The van der Waals surface area contributed by atoms with Gasteiger partial charge >= 0.3 is 5.97 Å². The van der Waals surface area contributed by atoms with Gasteiger partial charge in [-0.3, -0.25) is 4.79 Å². The van der Waals surface area contributed by atoms with Gasteiger partial charge in [0.2, 0.25) is 0 Å². The molecule has 0 spiro atoms. The van der Waals surface area contributed by atoms with Crippen LogP contribution in [0.5, 0.6) is 0 Å². The maximum atomic E-state index is 11.6. The molecule has 3 heteroatoms. The lowest BCUT2D eigenvalue weighted by Crippen LogP contribution is -2.17. The summed E-state index contributed by atoms with van der Waals surface area (Å²) >= 11 is 0. The fraction of sp³-hybridized carbons (Fsp3) is 0.588. The highest BCUT2D eigenvalue weighted by molar-refractivity contribution is 5.71. The molecule has 0 saturated carbocycles. The van der Waals surface area contributed by atoms with Gasteiger partial charge in [0.1, 0.15) is 6.61 Å². The molecule has 0 aliphatic heterocycles. The van der Waals surface area contributed by atoms with Crippen LogP contribution in [0.4, 0.5) is 0 Å². The van der Waals surface area contributed by atoms with E-state index >= 15 is 0 Å². The Kier molecular flexibility index (Phi) is 7.97. The number of hydrogen-bond acceptors (Lipinski definition) is 3. The summed E-state index contributed by atoms with van der Waals surface area (Å²) in [5.74, 6) is 0.276. The number of carbonyl (C=O) groups is 1. The second kappa shape index (κ2) is 9.54. The number of carbonyl (C=O) groups excluding carboxylic acids is 1. The molecular formula is C17H26O3. The molecule has 0 radical (unpaired) electrons. The minimum absolute atomic E-state index is 0.0881. The van der Waals surface area contributed by atoms with Gasteiger partial charge in [-0.1, -0.05) is 50.6 Å². The van der Waals surface area contributed by atoms with Gasteiger partial charge in [-0.25, -0.2) is 0 Å². The smallest absolute Gasteiger partial charge is 0.308 e. The second-order valence-electron chi connectivity index (χ2n) is 5.24. The lowest BCUT2D eigenvalue weighted by atomic mass is 9.90. The van der Waals surface area contributed by atoms with Crippen molar-refractivity contribution in [3.05, 3.63) is 35.9 Å². The number of aliphatic hydroxyl groups excluding tert-OH is 1. The van der Waals surface area contributed by atoms with E-state index in [2.05, 4.69) is 31.2 Å². The number of esters is 1. The van der Waals surface area contributed by atoms with E-state index < -0.39 is 0 Å². The molecule has 2 unspecified atom stereocenters. The van der Waals surface area contributed by atoms with Crippen molar-refractivity contribution in [1.82, 2.24) is 0 Å². The Balaban J connectivity index is 2.33. The topological polar surface area (TPSA) is 46.5 Å². The summed E-state index contributed by atoms with van der Waals surface area (Å²) in [6.07, 6.45) is 4.07. The monoisotopic (exact) mass is 278 g/mol. The van der Waals surface area contributed by atoms with E-state index in [-0.39, 0.29) is 25.1 Å². The Morgan fingerprint density at radius 2 is 1.95 bits per heavy atom. The first-order valence-electron chi connectivity index (χ1n) is 7.51. The molecule has 1 N–H and O–H groups in total. The van der Waals surface area contributed by atoms with E-state index in [1.807, 2.05) is 13.0 Å². The van der Waals surface area contributed by atoms with E-state index in [4.69, 9.17) is 9.84 Å². The number of hydrogen-bond donors (Lipinski definition) is 1. The highest BCUT2D eigenvalue weighted by Crippen LogP contribution is 2.26. The zero-order chi connectivity index (χ0) is 14.8. The molecule has 0 aliphatic carbocycles. The lowest BCUT2D eigenvalue weighted by Gasteiger charge is -2.16. The van der Waals surface area contributed by atoms with Gasteiger partial charge in [0, 0.05) is 0 Å². The molecule has 0 aliphatic rings. The lowest BCUT2D eigenvalue weighted by molar-refractivity contribution is -0.149. The van der Waals surface area contributed by atoms with E-state index in [1.165, 1.54) is 5.56 Å². The van der Waals surface area contributed by atoms with Crippen LogP contribution in [0.3, 0.4) is 0 Å². The van der Waals surface area contributed by atoms with E-state index in [1.54, 1.807) is 0 Å². The van der Waals surface area contributed by atoms with Crippen molar-refractivity contribution in [1.29, 1.82) is 0 Å². The van der Waals surface area contributed by atoms with E-state index in [9.17, 15) is 4.79 Å². The van der Waals surface area contributed by atoms with Crippen molar-refractivity contribution in [2.24, 2.45) is 5.92 Å². The summed E-state index contributed by atoms with van der Waals surface area (Å²) in [7, 11) is 0. The van der Waals surface area contributed by atoms with Crippen LogP contribution in [0, 0.1) is 5.92 Å². The molecule has 2 atom stereocenters. The van der Waals surface area contributed by atoms with Gasteiger partial charge in [0.05, 0.1) is 12.5 Å². The Morgan fingerprint density at radius 1 is 1.25 bits per heavy atom. The molecule has 0 bridgehead atoms. The van der Waals surface area contributed by atoms with Crippen molar-refractivity contribution in [3.8, 4) is 0 Å². The fourth-order valence-corrected chi connectivity index (χ4v) is 2.41. The predicted molar refractivity (Wildman–Crippen MR) is 80.5 cm³/mol. The molecule has 0 aromatic heterocycles. The molecule has 3 nitrogen and oxygen atoms in total. The van der Waals surface area contributed by atoms with Crippen molar-refractivity contribution >= 4 is 5.97 Å². The van der Waals surface area contributed by atoms with E-state index in [0.717, 1.165) is 25.7 Å². The Hall–Kier alpha value is -1.35. The van der Waals surface area contributed by atoms with Gasteiger partial charge in [-0.2, -0.15) is 0 Å². The van der Waals surface area contributed by atoms with Gasteiger partial charge in [-0.05, 0) is 30.7 Å². The molecule has 1 rings (SSSR count). The standard InChI is InChI=1S/C17H26O3/c1-3-15(16-9-5-4-6-10-16)11-7-8-14(2)17(19)20-13-12-18/h4-6,9-10,14-15,18H,3,7-8,11-13H2,1-2H3. The maximum Gasteiger partial charge on any atom is 0.308 e. The fourth-order valence-electron chi connectivity index (χ4n) is 2.41. The third-order valence-electron chi connectivity index (χ3n) is 3.69. The molecule has 1 aromatic carbocycles. The van der Waals surface area contributed by atoms with Crippen molar-refractivity contribution in [2.75, 3.05) is 13.2 Å². The summed E-state index contributed by atoms with van der Waals surface area (Å²) in [5.41, 5.74) is 1.38. The minimum Gasteiger partial charge on any atom is -0.463 e. The Morgan fingerprint density at radius 3 is 2.55 bits per heavy atom. The third-order valence-corrected chi connectivity index (χ3v) is 3.69. The van der Waals surface area contributed by atoms with Crippen molar-refractivity contribution in [2.45, 2.75) is 45.4 Å². The molecule has 0 saturated heterocycles. The second-order valence-corrected chi connectivity index (χ2v) is 5.24. The van der Waals surface area contributed by atoms with Gasteiger partial charge in [0.25, 0.3) is 0 Å². The van der Waals surface area contributed by atoms with Gasteiger partial charge in [-0.15, -0.1) is 0 Å². The summed E-state index contributed by atoms with van der Waals surface area (Å²) in [4.78, 5) is 11.6. The molecular weight excluding hydrogens is 252 g/mol. The first-order valence-corrected chi connectivity index (χ1v) is 7.51. The molecule has 112 valence electrons. The number of benzene rings is 1. The maximum absolute atomic E-state index is 11.6. The Bertz CT molecular complexity index is 375. The van der Waals surface area contributed by atoms with Crippen LogP contribution in [0.15, 0.2) is 30.3 Å². The van der Waals surface area contributed by atoms with Gasteiger partial charge < -0.3 is 9.84 Å². The number of aliphatic hydroxyl groups is 1. The highest BCUT2D eigenvalue weighted by atomic mass is 16.5. The number of ether oxygens (including phenoxy) is 1. The summed E-state index contributed by atoms with van der Waals surface area (Å²) in [5, 5.41) is 8.63. The Labute approximate surface area is 122 Å². The van der Waals surface area contributed by atoms with Gasteiger partial charge in [0.15, 0.2) is 0 Å². The zero-order valence-corrected chi connectivity index (χ0v) is 12.5. The summed E-state index contributed by atoms with van der Waals surface area (Å²) in [6, 6.07) is 10.5. The first kappa shape index (κ1) is 16.7. The van der Waals surface area contributed by atoms with Crippen LogP contribution < -0.4 is 0 Å². The third kappa shape index (κ3) is 5.74. The van der Waals surface area contributed by atoms with Crippen LogP contribution in [0.25, 0.3) is 0 Å². The first-order chi connectivity index (χ1) is 9.69. The van der Waals surface area contributed by atoms with Crippen LogP contribution in [0.1, 0.15) is 51.0 Å². The molecule has 20 heavy (non-hydrogen) atoms. The van der Waals surface area contributed by atoms with Crippen LogP contribution in [0.2, 0.25) is 0 Å². The quantitative estimate of drug-likeness (QED) is 0.703. The van der Waals surface area contributed by atoms with E-state index in [0.29, 0.717) is 5.92 Å². The zero-order valence-electron chi connectivity index (χ0n) is 12.5. The molecule has 0 heterocycles. The molecule has 0 amide bonds. The predicted octanol–water partition coefficient (Wildman–Crippen LogP) is 3.52. The summed E-state index contributed by atoms with van der Waals surface area (Å²) in [6.45, 7) is 4.09. The average molecular weight is 278 g/mol. The normalized spacial score (nSPS) is 13.8. The molecule has 1 aromatic rings. The highest BCUT2D eigenvalue weighted by Gasteiger charge is 2.15. The van der Waals surface area contributed by atoms with Crippen LogP contribution in [-0.2, 0) is 9.53 Å². The largest absolute Gasteiger partial charge is 0.463 e. The van der Waals surface area contributed by atoms with Crippen LogP contribution in [-0.4, -0.2) is 24.3 Å². The van der Waals surface area contributed by atoms with Crippen LogP contribution >= 0.6 is 0 Å². The van der Waals surface area contributed by atoms with Crippen molar-refractivity contribution in [3.63, 3.8) is 0 Å². The van der Waals surface area contributed by atoms with Crippen molar-refractivity contribution < 1.29 is 14.6 Å². The minimum atomic E-state index is -0.202. The average Bonchev–Trinajstić information content (AvgIpc) is 2.49. The number of rotatable bonds is 9. The SMILES string of the molecule is CCC(CCCC(C)C(=O)OCCO)c1ccccc1. The molecule has 0 fully saturated rings.